The van der Waals surface area contributed by atoms with E-state index in [1.807, 2.05) is 0 Å². The average Bonchev–Trinajstić information content (AvgIpc) is 2.78. The number of nitrogens with zero attached hydrogens (tertiary/aromatic N) is 4. The van der Waals surface area contributed by atoms with Crippen LogP contribution in [0, 0.1) is 0 Å². The summed E-state index contributed by atoms with van der Waals surface area (Å²) in [6.07, 6.45) is 0. The molecule has 7 nitrogen and oxygen atoms in total. The van der Waals surface area contributed by atoms with Gasteiger partial charge in [0, 0.05) is 26.2 Å². The molecule has 0 radical (unpaired) electrons. The molecule has 1 aliphatic heterocycles. The van der Waals surface area contributed by atoms with Crippen molar-refractivity contribution in [3.05, 3.63) is 5.89 Å². The van der Waals surface area contributed by atoms with Crippen LogP contribution >= 0.6 is 0 Å². The van der Waals surface area contributed by atoms with E-state index in [1.54, 1.807) is 0 Å². The second-order valence-corrected chi connectivity index (χ2v) is 4.01. The van der Waals surface area contributed by atoms with Gasteiger partial charge in [-0.15, -0.1) is 0 Å². The molecule has 1 aromatic rings. The van der Waals surface area contributed by atoms with Crippen molar-refractivity contribution in [2.45, 2.75) is 6.04 Å². The molecular formula is C9H17N5O2. The summed E-state index contributed by atoms with van der Waals surface area (Å²) in [6, 6.07) is -0.589. The minimum atomic E-state index is -0.589. The van der Waals surface area contributed by atoms with Gasteiger partial charge in [0.2, 0.25) is 5.89 Å². The Morgan fingerprint density at radius 1 is 1.44 bits per heavy atom. The van der Waals surface area contributed by atoms with Crippen LogP contribution in [0.3, 0.4) is 0 Å². The maximum Gasteiger partial charge on any atom is 0.266 e. The average molecular weight is 227 g/mol. The lowest BCUT2D eigenvalue weighted by Crippen LogP contribution is -2.44. The number of aliphatic hydroxyl groups excluding tert-OH is 1. The molecule has 7 heteroatoms. The molecule has 2 heterocycles. The summed E-state index contributed by atoms with van der Waals surface area (Å²) in [4.78, 5) is 8.47. The van der Waals surface area contributed by atoms with Crippen molar-refractivity contribution in [3.63, 3.8) is 0 Å². The van der Waals surface area contributed by atoms with E-state index in [-0.39, 0.29) is 12.5 Å². The minimum Gasteiger partial charge on any atom is -0.394 e. The highest BCUT2D eigenvalue weighted by molar-refractivity contribution is 5.28. The van der Waals surface area contributed by atoms with Crippen LogP contribution < -0.4 is 10.6 Å². The van der Waals surface area contributed by atoms with Crippen molar-refractivity contribution in [1.29, 1.82) is 0 Å². The molecular weight excluding hydrogens is 210 g/mol. The third-order valence-electron chi connectivity index (χ3n) is 2.73. The Morgan fingerprint density at radius 3 is 2.75 bits per heavy atom. The zero-order valence-electron chi connectivity index (χ0n) is 9.33. The van der Waals surface area contributed by atoms with E-state index >= 15 is 0 Å². The van der Waals surface area contributed by atoms with Gasteiger partial charge in [0.15, 0.2) is 0 Å². The van der Waals surface area contributed by atoms with Crippen molar-refractivity contribution in [3.8, 4) is 0 Å². The monoisotopic (exact) mass is 227 g/mol. The molecule has 0 spiro atoms. The molecule has 1 aliphatic rings. The quantitative estimate of drug-likeness (QED) is 0.671. The van der Waals surface area contributed by atoms with E-state index in [2.05, 4.69) is 27.0 Å². The molecule has 90 valence electrons. The molecule has 3 N–H and O–H groups in total. The highest BCUT2D eigenvalue weighted by atomic mass is 16.5. The first kappa shape index (κ1) is 11.3. The Labute approximate surface area is 93.8 Å². The van der Waals surface area contributed by atoms with Crippen molar-refractivity contribution in [2.24, 2.45) is 5.73 Å². The number of hydrogen-bond donors (Lipinski definition) is 2. The molecule has 1 saturated heterocycles. The summed E-state index contributed by atoms with van der Waals surface area (Å²) < 4.78 is 5.00. The second-order valence-electron chi connectivity index (χ2n) is 4.01. The Balaban J connectivity index is 2.01. The number of anilines is 1. The molecule has 0 unspecified atom stereocenters. The summed E-state index contributed by atoms with van der Waals surface area (Å²) >= 11 is 0. The zero-order valence-corrected chi connectivity index (χ0v) is 9.33. The van der Waals surface area contributed by atoms with E-state index in [4.69, 9.17) is 15.4 Å². The summed E-state index contributed by atoms with van der Waals surface area (Å²) in [7, 11) is 2.08. The van der Waals surface area contributed by atoms with Crippen LogP contribution in [-0.4, -0.2) is 60.0 Å². The van der Waals surface area contributed by atoms with Crippen LogP contribution in [0.4, 0.5) is 5.95 Å². The van der Waals surface area contributed by atoms with Crippen LogP contribution in [0.25, 0.3) is 0 Å². The van der Waals surface area contributed by atoms with Gasteiger partial charge in [-0.1, -0.05) is 0 Å². The van der Waals surface area contributed by atoms with E-state index in [0.717, 1.165) is 26.2 Å². The highest BCUT2D eigenvalue weighted by Gasteiger charge is 2.20. The topological polar surface area (TPSA) is 91.7 Å². The number of piperazine rings is 1. The summed E-state index contributed by atoms with van der Waals surface area (Å²) in [5.41, 5.74) is 5.59. The molecule has 1 atom stereocenters. The number of nitrogens with two attached hydrogens (primary N) is 1. The first-order valence-corrected chi connectivity index (χ1v) is 5.34. The van der Waals surface area contributed by atoms with Gasteiger partial charge in [0.1, 0.15) is 6.04 Å². The lowest BCUT2D eigenvalue weighted by molar-refractivity contribution is 0.237. The number of likely N-dealkylation sites (N-methyl/N-ethyl adjacent to an activating group) is 1. The van der Waals surface area contributed by atoms with Crippen LogP contribution in [0.2, 0.25) is 0 Å². The number of hydrogen-bond acceptors (Lipinski definition) is 7. The fraction of sp³-hybridized carbons (Fsp3) is 0.778. The SMILES string of the molecule is CN1CCN(c2noc([C@@H](N)CO)n2)CC1. The highest BCUT2D eigenvalue weighted by Crippen LogP contribution is 2.14. The standard InChI is InChI=1S/C9H17N5O2/c1-13-2-4-14(5-3-13)9-11-8(16-12-9)7(10)6-15/h7,15H,2-6,10H2,1H3/t7-/m0/s1. The van der Waals surface area contributed by atoms with Crippen LogP contribution in [0.5, 0.6) is 0 Å². The maximum atomic E-state index is 8.87. The normalized spacial score (nSPS) is 20.1. The lowest BCUT2D eigenvalue weighted by Gasteiger charge is -2.31. The Bertz CT molecular complexity index is 334. The van der Waals surface area contributed by atoms with Crippen LogP contribution in [0.1, 0.15) is 11.9 Å². The fourth-order valence-corrected chi connectivity index (χ4v) is 1.59. The van der Waals surface area contributed by atoms with E-state index in [0.29, 0.717) is 5.95 Å². The first-order valence-electron chi connectivity index (χ1n) is 5.34. The number of aliphatic hydroxyl groups is 1. The Hall–Kier alpha value is -1.18. The number of aromatic nitrogens is 2. The third-order valence-corrected chi connectivity index (χ3v) is 2.73. The Kier molecular flexibility index (Phi) is 3.37. The Morgan fingerprint density at radius 2 is 2.12 bits per heavy atom. The first-order chi connectivity index (χ1) is 7.70. The second kappa shape index (κ2) is 4.77. The number of rotatable bonds is 3. The van der Waals surface area contributed by atoms with Gasteiger partial charge in [0.05, 0.1) is 6.61 Å². The van der Waals surface area contributed by atoms with Gasteiger partial charge in [0.25, 0.3) is 5.95 Å². The fourth-order valence-electron chi connectivity index (χ4n) is 1.59. The summed E-state index contributed by atoms with van der Waals surface area (Å²) in [5.74, 6) is 0.850. The van der Waals surface area contributed by atoms with Gasteiger partial charge in [-0.2, -0.15) is 4.98 Å². The third kappa shape index (κ3) is 2.31. The van der Waals surface area contributed by atoms with E-state index in [9.17, 15) is 0 Å². The largest absolute Gasteiger partial charge is 0.394 e. The van der Waals surface area contributed by atoms with E-state index < -0.39 is 6.04 Å². The van der Waals surface area contributed by atoms with Crippen molar-refractivity contribution >= 4 is 5.95 Å². The molecule has 1 aromatic heterocycles. The van der Waals surface area contributed by atoms with Gasteiger partial charge >= 0.3 is 0 Å². The predicted molar refractivity (Wildman–Crippen MR) is 58.0 cm³/mol. The molecule has 16 heavy (non-hydrogen) atoms. The van der Waals surface area contributed by atoms with E-state index in [1.165, 1.54) is 0 Å². The molecule has 2 rings (SSSR count). The van der Waals surface area contributed by atoms with Gasteiger partial charge < -0.3 is 25.2 Å². The molecule has 0 aromatic carbocycles. The predicted octanol–water partition coefficient (Wildman–Crippen LogP) is -1.19. The zero-order chi connectivity index (χ0) is 11.5. The molecule has 0 amide bonds. The van der Waals surface area contributed by atoms with Crippen molar-refractivity contribution in [2.75, 3.05) is 44.7 Å². The van der Waals surface area contributed by atoms with Crippen molar-refractivity contribution < 1.29 is 9.63 Å². The van der Waals surface area contributed by atoms with Gasteiger partial charge in [-0.05, 0) is 12.2 Å². The summed E-state index contributed by atoms with van der Waals surface area (Å²) in [6.45, 7) is 3.53. The van der Waals surface area contributed by atoms with Crippen LogP contribution in [0.15, 0.2) is 4.52 Å². The summed E-state index contributed by atoms with van der Waals surface area (Å²) in [5, 5.41) is 12.7. The smallest absolute Gasteiger partial charge is 0.266 e. The van der Waals surface area contributed by atoms with Gasteiger partial charge in [-0.3, -0.25) is 0 Å². The van der Waals surface area contributed by atoms with Crippen molar-refractivity contribution in [1.82, 2.24) is 15.0 Å². The maximum absolute atomic E-state index is 8.87. The lowest BCUT2D eigenvalue weighted by atomic mass is 10.3. The minimum absolute atomic E-state index is 0.190. The molecule has 0 aliphatic carbocycles. The molecule has 1 fully saturated rings. The molecule has 0 saturated carbocycles. The van der Waals surface area contributed by atoms with Crippen LogP contribution in [-0.2, 0) is 0 Å². The van der Waals surface area contributed by atoms with Gasteiger partial charge in [-0.25, -0.2) is 0 Å². The molecule has 0 bridgehead atoms.